The van der Waals surface area contributed by atoms with Crippen LogP contribution in [0.3, 0.4) is 0 Å². The second-order valence-corrected chi connectivity index (χ2v) is 5.54. The maximum absolute atomic E-state index is 12.0. The van der Waals surface area contributed by atoms with Gasteiger partial charge in [0.2, 0.25) is 0 Å². The Morgan fingerprint density at radius 2 is 2.00 bits per heavy atom. The molecule has 1 rings (SSSR count). The molecule has 1 fully saturated rings. The van der Waals surface area contributed by atoms with Crippen molar-refractivity contribution in [2.45, 2.75) is 39.2 Å². The summed E-state index contributed by atoms with van der Waals surface area (Å²) in [5.41, 5.74) is 0. The van der Waals surface area contributed by atoms with Crippen LogP contribution < -0.4 is 5.32 Å². The van der Waals surface area contributed by atoms with E-state index in [1.54, 1.807) is 0 Å². The lowest BCUT2D eigenvalue weighted by Crippen LogP contribution is -2.41. The van der Waals surface area contributed by atoms with Gasteiger partial charge in [0.1, 0.15) is 6.29 Å². The molecule has 0 aliphatic carbocycles. The molecule has 0 amide bonds. The quantitative estimate of drug-likeness (QED) is 0.691. The molecule has 1 N–H and O–H groups in total. The van der Waals surface area contributed by atoms with E-state index >= 15 is 0 Å². The summed E-state index contributed by atoms with van der Waals surface area (Å²) in [5.74, 6) is 1.01. The normalized spacial score (nSPS) is 20.0. The van der Waals surface area contributed by atoms with Crippen molar-refractivity contribution in [3.63, 3.8) is 0 Å². The molecule has 18 heavy (non-hydrogen) atoms. The molecule has 0 bridgehead atoms. The summed E-state index contributed by atoms with van der Waals surface area (Å²) >= 11 is 0. The molecule has 1 heterocycles. The van der Waals surface area contributed by atoms with E-state index in [4.69, 9.17) is 0 Å². The van der Waals surface area contributed by atoms with E-state index in [2.05, 4.69) is 10.2 Å². The number of aldehydes is 1. The highest BCUT2D eigenvalue weighted by molar-refractivity contribution is 5.85. The first-order chi connectivity index (χ1) is 8.58. The number of rotatable bonds is 7. The van der Waals surface area contributed by atoms with Crippen molar-refractivity contribution >= 4 is 12.1 Å². The maximum atomic E-state index is 12.0. The van der Waals surface area contributed by atoms with Crippen LogP contribution in [0.15, 0.2) is 0 Å². The van der Waals surface area contributed by atoms with Gasteiger partial charge in [0.25, 0.3) is 0 Å². The molecule has 1 atom stereocenters. The van der Waals surface area contributed by atoms with Crippen molar-refractivity contribution in [3.05, 3.63) is 0 Å². The molecule has 104 valence electrons. The van der Waals surface area contributed by atoms with Crippen LogP contribution in [0.5, 0.6) is 0 Å². The lowest BCUT2D eigenvalue weighted by atomic mass is 9.87. The van der Waals surface area contributed by atoms with E-state index in [9.17, 15) is 9.59 Å². The highest BCUT2D eigenvalue weighted by Gasteiger charge is 2.26. The summed E-state index contributed by atoms with van der Waals surface area (Å²) in [6.45, 7) is 6.43. The Kier molecular flexibility index (Phi) is 6.50. The monoisotopic (exact) mass is 254 g/mol. The van der Waals surface area contributed by atoms with Crippen molar-refractivity contribution in [1.82, 2.24) is 10.2 Å². The highest BCUT2D eigenvalue weighted by Crippen LogP contribution is 2.22. The second kappa shape index (κ2) is 7.64. The van der Waals surface area contributed by atoms with Gasteiger partial charge in [-0.05, 0) is 45.3 Å². The van der Waals surface area contributed by atoms with Gasteiger partial charge >= 0.3 is 0 Å². The number of nitrogens with zero attached hydrogens (tertiary/aromatic N) is 1. The van der Waals surface area contributed by atoms with Gasteiger partial charge in [-0.3, -0.25) is 9.69 Å². The molecule has 1 aliphatic heterocycles. The first-order valence-corrected chi connectivity index (χ1v) is 6.95. The van der Waals surface area contributed by atoms with Crippen LogP contribution in [0.25, 0.3) is 0 Å². The Morgan fingerprint density at radius 3 is 2.44 bits per heavy atom. The summed E-state index contributed by atoms with van der Waals surface area (Å²) in [7, 11) is 1.87. The lowest BCUT2D eigenvalue weighted by Gasteiger charge is -2.32. The Labute approximate surface area is 110 Å². The molecule has 0 aromatic carbocycles. The summed E-state index contributed by atoms with van der Waals surface area (Å²) in [5, 5.41) is 3.15. The standard InChI is InChI=1S/C14H26N2O2/c1-11(2)14(18)13(15-3)10-12-4-6-16(7-5-12)8-9-17/h9,11-13,15H,4-8,10H2,1-3H3. The predicted octanol–water partition coefficient (Wildman–Crippen LogP) is 1.10. The van der Waals surface area contributed by atoms with Gasteiger partial charge in [-0.1, -0.05) is 13.8 Å². The molecule has 1 aliphatic rings. The van der Waals surface area contributed by atoms with E-state index in [-0.39, 0.29) is 12.0 Å². The number of piperidine rings is 1. The van der Waals surface area contributed by atoms with Crippen LogP contribution in [-0.4, -0.2) is 49.7 Å². The minimum Gasteiger partial charge on any atom is -0.311 e. The third-order valence-electron chi connectivity index (χ3n) is 3.87. The Bertz CT molecular complexity index is 271. The zero-order valence-electron chi connectivity index (χ0n) is 11.8. The molecule has 0 saturated carbocycles. The molecule has 0 radical (unpaired) electrons. The fourth-order valence-corrected chi connectivity index (χ4v) is 2.62. The lowest BCUT2D eigenvalue weighted by molar-refractivity contribution is -0.124. The van der Waals surface area contributed by atoms with Crippen molar-refractivity contribution < 1.29 is 9.59 Å². The molecule has 4 heteroatoms. The van der Waals surface area contributed by atoms with Gasteiger partial charge in [0.15, 0.2) is 5.78 Å². The van der Waals surface area contributed by atoms with Crippen LogP contribution in [0.1, 0.15) is 33.1 Å². The fraction of sp³-hybridized carbons (Fsp3) is 0.857. The van der Waals surface area contributed by atoms with E-state index in [1.165, 1.54) is 0 Å². The number of hydrogen-bond donors (Lipinski definition) is 1. The molecule has 0 spiro atoms. The SMILES string of the molecule is CNC(CC1CCN(CC=O)CC1)C(=O)C(C)C. The smallest absolute Gasteiger partial charge is 0.152 e. The predicted molar refractivity (Wildman–Crippen MR) is 72.5 cm³/mol. The number of hydrogen-bond acceptors (Lipinski definition) is 4. The molecular formula is C14H26N2O2. The average Bonchev–Trinajstić information content (AvgIpc) is 2.37. The Hall–Kier alpha value is -0.740. The van der Waals surface area contributed by atoms with Gasteiger partial charge in [-0.15, -0.1) is 0 Å². The zero-order chi connectivity index (χ0) is 13.5. The molecule has 4 nitrogen and oxygen atoms in total. The van der Waals surface area contributed by atoms with Gasteiger partial charge in [-0.2, -0.15) is 0 Å². The minimum atomic E-state index is -0.00683. The fourth-order valence-electron chi connectivity index (χ4n) is 2.62. The topological polar surface area (TPSA) is 49.4 Å². The third kappa shape index (κ3) is 4.50. The van der Waals surface area contributed by atoms with E-state index < -0.39 is 0 Å². The first-order valence-electron chi connectivity index (χ1n) is 6.95. The van der Waals surface area contributed by atoms with Crippen LogP contribution in [-0.2, 0) is 9.59 Å². The van der Waals surface area contributed by atoms with Crippen LogP contribution in [0, 0.1) is 11.8 Å². The van der Waals surface area contributed by atoms with E-state index in [0.29, 0.717) is 18.2 Å². The van der Waals surface area contributed by atoms with Crippen LogP contribution in [0.4, 0.5) is 0 Å². The minimum absolute atomic E-state index is 0.00683. The summed E-state index contributed by atoms with van der Waals surface area (Å²) < 4.78 is 0. The number of likely N-dealkylation sites (N-methyl/N-ethyl adjacent to an activating group) is 1. The Balaban J connectivity index is 2.38. The van der Waals surface area contributed by atoms with Crippen molar-refractivity contribution in [3.8, 4) is 0 Å². The number of carbonyl (C=O) groups excluding carboxylic acids is 2. The molecule has 0 aromatic rings. The van der Waals surface area contributed by atoms with Crippen LogP contribution >= 0.6 is 0 Å². The maximum Gasteiger partial charge on any atom is 0.152 e. The summed E-state index contributed by atoms with van der Waals surface area (Å²) in [6, 6.07) is -0.00683. The number of ketones is 1. The molecule has 1 saturated heterocycles. The molecule has 1 unspecified atom stereocenters. The van der Waals surface area contributed by atoms with Gasteiger partial charge in [0, 0.05) is 5.92 Å². The third-order valence-corrected chi connectivity index (χ3v) is 3.87. The number of nitrogens with one attached hydrogen (secondary N) is 1. The number of likely N-dealkylation sites (tertiary alicyclic amines) is 1. The van der Waals surface area contributed by atoms with Crippen molar-refractivity contribution in [1.29, 1.82) is 0 Å². The number of Topliss-reactive ketones (excluding diaryl/α,β-unsaturated/α-hetero) is 1. The van der Waals surface area contributed by atoms with E-state index in [0.717, 1.165) is 38.6 Å². The van der Waals surface area contributed by atoms with Crippen molar-refractivity contribution in [2.24, 2.45) is 11.8 Å². The average molecular weight is 254 g/mol. The van der Waals surface area contributed by atoms with E-state index in [1.807, 2.05) is 20.9 Å². The van der Waals surface area contributed by atoms with Gasteiger partial charge < -0.3 is 10.1 Å². The summed E-state index contributed by atoms with van der Waals surface area (Å²) in [4.78, 5) is 24.6. The zero-order valence-corrected chi connectivity index (χ0v) is 11.8. The summed E-state index contributed by atoms with van der Waals surface area (Å²) in [6.07, 6.45) is 4.09. The van der Waals surface area contributed by atoms with Crippen molar-refractivity contribution in [2.75, 3.05) is 26.7 Å². The number of carbonyl (C=O) groups is 2. The van der Waals surface area contributed by atoms with Crippen LogP contribution in [0.2, 0.25) is 0 Å². The first kappa shape index (κ1) is 15.3. The highest BCUT2D eigenvalue weighted by atomic mass is 16.1. The van der Waals surface area contributed by atoms with Gasteiger partial charge in [0.05, 0.1) is 12.6 Å². The Morgan fingerprint density at radius 1 is 1.39 bits per heavy atom. The largest absolute Gasteiger partial charge is 0.311 e. The second-order valence-electron chi connectivity index (χ2n) is 5.54. The van der Waals surface area contributed by atoms with Gasteiger partial charge in [-0.25, -0.2) is 0 Å². The molecular weight excluding hydrogens is 228 g/mol. The molecule has 0 aromatic heterocycles.